The van der Waals surface area contributed by atoms with Gasteiger partial charge in [-0.25, -0.2) is 17.2 Å². The molecule has 0 aliphatic heterocycles. The summed E-state index contributed by atoms with van der Waals surface area (Å²) in [5.74, 6) is -1.38. The molecule has 1 aromatic heterocycles. The van der Waals surface area contributed by atoms with Crippen molar-refractivity contribution < 1.29 is 27.0 Å². The maximum atomic E-state index is 13.9. The molecule has 0 unspecified atom stereocenters. The van der Waals surface area contributed by atoms with Gasteiger partial charge in [0.1, 0.15) is 28.9 Å². The zero-order valence-corrected chi connectivity index (χ0v) is 20.3. The number of aliphatic hydroxyl groups is 1. The Morgan fingerprint density at radius 3 is 2.72 bits per heavy atom. The van der Waals surface area contributed by atoms with E-state index in [9.17, 15) is 22.3 Å². The number of nitrogens with zero attached hydrogens (tertiary/aromatic N) is 1. The summed E-state index contributed by atoms with van der Waals surface area (Å²) < 4.78 is 60.0. The lowest BCUT2D eigenvalue weighted by molar-refractivity contribution is 0.172. The zero-order chi connectivity index (χ0) is 25.7. The highest BCUT2D eigenvalue weighted by Gasteiger charge is 2.20. The number of hydrogen-bond acceptors (Lipinski definition) is 6. The maximum Gasteiger partial charge on any atom is 0.264 e. The van der Waals surface area contributed by atoms with Crippen molar-refractivity contribution in [1.29, 1.82) is 0 Å². The van der Waals surface area contributed by atoms with Gasteiger partial charge in [0.2, 0.25) is 0 Å². The smallest absolute Gasteiger partial charge is 0.264 e. The van der Waals surface area contributed by atoms with E-state index >= 15 is 0 Å². The topological polar surface area (TPSA) is 116 Å². The van der Waals surface area contributed by atoms with Crippen LogP contribution in [0.3, 0.4) is 0 Å². The molecular formula is C25H26F2N4O4S. The number of benzene rings is 3. The van der Waals surface area contributed by atoms with E-state index in [1.54, 1.807) is 12.1 Å². The van der Waals surface area contributed by atoms with Crippen molar-refractivity contribution in [2.75, 3.05) is 24.4 Å². The van der Waals surface area contributed by atoms with Gasteiger partial charge in [-0.2, -0.15) is 5.10 Å². The van der Waals surface area contributed by atoms with Crippen LogP contribution in [0, 0.1) is 11.6 Å². The number of aliphatic hydroxyl groups excluding tert-OH is 1. The molecule has 36 heavy (non-hydrogen) atoms. The normalized spacial score (nSPS) is 12.6. The van der Waals surface area contributed by atoms with Crippen molar-refractivity contribution in [3.63, 3.8) is 0 Å². The third-order valence-corrected chi connectivity index (χ3v) is 6.97. The molecule has 0 saturated heterocycles. The Morgan fingerprint density at radius 2 is 1.94 bits per heavy atom. The van der Waals surface area contributed by atoms with E-state index in [4.69, 9.17) is 4.74 Å². The Labute approximate surface area is 207 Å². The van der Waals surface area contributed by atoms with Crippen molar-refractivity contribution in [2.45, 2.75) is 24.3 Å². The Kier molecular flexibility index (Phi) is 7.82. The third-order valence-electron chi connectivity index (χ3n) is 5.55. The average Bonchev–Trinajstić information content (AvgIpc) is 3.25. The van der Waals surface area contributed by atoms with Crippen LogP contribution in [0.4, 0.5) is 14.5 Å². The van der Waals surface area contributed by atoms with Crippen LogP contribution in [0.5, 0.6) is 5.75 Å². The number of hydrogen-bond donors (Lipinski definition) is 4. The van der Waals surface area contributed by atoms with Crippen molar-refractivity contribution in [1.82, 2.24) is 15.5 Å². The van der Waals surface area contributed by atoms with Gasteiger partial charge in [-0.3, -0.25) is 9.82 Å². The Bertz CT molecular complexity index is 1460. The molecule has 190 valence electrons. The van der Waals surface area contributed by atoms with Gasteiger partial charge >= 0.3 is 0 Å². The van der Waals surface area contributed by atoms with E-state index in [-0.39, 0.29) is 12.2 Å². The van der Waals surface area contributed by atoms with Crippen LogP contribution in [-0.2, 0) is 16.4 Å². The second kappa shape index (κ2) is 11.0. The number of aryl methyl sites for hydroxylation is 1. The fourth-order valence-electron chi connectivity index (χ4n) is 3.72. The number of nitrogens with one attached hydrogen (secondary N) is 3. The first-order valence-electron chi connectivity index (χ1n) is 11.3. The monoisotopic (exact) mass is 516 g/mol. The van der Waals surface area contributed by atoms with Gasteiger partial charge in [-0.15, -0.1) is 0 Å². The molecule has 1 heterocycles. The van der Waals surface area contributed by atoms with E-state index in [0.29, 0.717) is 30.5 Å². The quantitative estimate of drug-likeness (QED) is 0.225. The first-order valence-corrected chi connectivity index (χ1v) is 12.8. The predicted octanol–water partition coefficient (Wildman–Crippen LogP) is 3.91. The molecule has 1 atom stereocenters. The summed E-state index contributed by atoms with van der Waals surface area (Å²) in [7, 11) is -4.28. The van der Waals surface area contributed by atoms with Crippen molar-refractivity contribution in [3.05, 3.63) is 83.6 Å². The van der Waals surface area contributed by atoms with Crippen molar-refractivity contribution in [3.8, 4) is 5.75 Å². The molecular weight excluding hydrogens is 490 g/mol. The molecule has 0 bridgehead atoms. The average molecular weight is 517 g/mol. The van der Waals surface area contributed by atoms with Crippen molar-refractivity contribution >= 4 is 26.6 Å². The second-order valence-electron chi connectivity index (χ2n) is 8.11. The minimum Gasteiger partial charge on any atom is -0.492 e. The number of halogens is 2. The number of rotatable bonds is 11. The SMILES string of the molecule is CCc1[nH]nc2cc(OCCNC[C@H](O)c3cccc(NS(=O)(=O)c4ccc(F)cc4F)c3)ccc12. The molecule has 0 radical (unpaired) electrons. The van der Waals surface area contributed by atoms with Gasteiger partial charge in [0.25, 0.3) is 10.0 Å². The summed E-state index contributed by atoms with van der Waals surface area (Å²) in [6.45, 7) is 3.09. The predicted molar refractivity (Wildman–Crippen MR) is 132 cm³/mol. The maximum absolute atomic E-state index is 13.9. The molecule has 0 fully saturated rings. The lowest BCUT2D eigenvalue weighted by Crippen LogP contribution is -2.26. The van der Waals surface area contributed by atoms with Gasteiger partial charge in [-0.1, -0.05) is 19.1 Å². The standard InChI is InChI=1S/C25H26F2N4O4S/c1-2-22-20-8-7-19(14-23(20)30-29-22)35-11-10-28-15-24(32)16-4-3-5-18(12-16)31-36(33,34)25-9-6-17(26)13-21(25)27/h3-9,12-14,24,28,31-32H,2,10-11,15H2,1H3,(H,29,30)/t24-/m0/s1. The van der Waals surface area contributed by atoms with E-state index in [0.717, 1.165) is 35.2 Å². The fraction of sp³-hybridized carbons (Fsp3) is 0.240. The summed E-state index contributed by atoms with van der Waals surface area (Å²) in [5, 5.41) is 21.9. The van der Waals surface area contributed by atoms with Crippen LogP contribution in [0.15, 0.2) is 65.6 Å². The number of sulfonamides is 1. The fourth-order valence-corrected chi connectivity index (χ4v) is 4.83. The highest BCUT2D eigenvalue weighted by molar-refractivity contribution is 7.92. The molecule has 3 aromatic carbocycles. The minimum absolute atomic E-state index is 0.138. The van der Waals surface area contributed by atoms with Crippen LogP contribution in [0.25, 0.3) is 10.9 Å². The molecule has 4 N–H and O–H groups in total. The molecule has 0 aliphatic rings. The summed E-state index contributed by atoms with van der Waals surface area (Å²) in [5.41, 5.74) is 2.51. The van der Waals surface area contributed by atoms with Gasteiger partial charge in [0, 0.05) is 42.0 Å². The minimum atomic E-state index is -4.28. The molecule has 8 nitrogen and oxygen atoms in total. The van der Waals surface area contributed by atoms with Gasteiger partial charge in [0.15, 0.2) is 0 Å². The lowest BCUT2D eigenvalue weighted by atomic mass is 10.1. The molecule has 0 aliphatic carbocycles. The van der Waals surface area contributed by atoms with Crippen molar-refractivity contribution in [2.24, 2.45) is 0 Å². The van der Waals surface area contributed by atoms with Gasteiger partial charge < -0.3 is 15.2 Å². The number of aromatic amines is 1. The second-order valence-corrected chi connectivity index (χ2v) is 9.76. The largest absolute Gasteiger partial charge is 0.492 e. The highest BCUT2D eigenvalue weighted by atomic mass is 32.2. The molecule has 0 amide bonds. The number of ether oxygens (including phenoxy) is 1. The van der Waals surface area contributed by atoms with Crippen LogP contribution < -0.4 is 14.8 Å². The lowest BCUT2D eigenvalue weighted by Gasteiger charge is -2.15. The summed E-state index contributed by atoms with van der Waals surface area (Å²) in [6.07, 6.45) is -0.0604. The van der Waals surface area contributed by atoms with Gasteiger partial charge in [-0.05, 0) is 48.4 Å². The van der Waals surface area contributed by atoms with E-state index in [1.165, 1.54) is 12.1 Å². The van der Waals surface area contributed by atoms with E-state index in [2.05, 4.69) is 27.2 Å². The van der Waals surface area contributed by atoms with Crippen LogP contribution in [-0.4, -0.2) is 43.4 Å². The zero-order valence-electron chi connectivity index (χ0n) is 19.5. The molecule has 0 saturated carbocycles. The molecule has 4 rings (SSSR count). The Hall–Kier alpha value is -3.54. The van der Waals surface area contributed by atoms with Gasteiger partial charge in [0.05, 0.1) is 11.6 Å². The number of H-pyrrole nitrogens is 1. The first-order chi connectivity index (χ1) is 17.3. The first kappa shape index (κ1) is 25.5. The van der Waals surface area contributed by atoms with E-state index in [1.807, 2.05) is 18.2 Å². The number of fused-ring (bicyclic) bond motifs is 1. The van der Waals surface area contributed by atoms with E-state index < -0.39 is 32.7 Å². The third kappa shape index (κ3) is 5.99. The Balaban J connectivity index is 1.28. The Morgan fingerprint density at radius 1 is 1.11 bits per heavy atom. The molecule has 4 aromatic rings. The highest BCUT2D eigenvalue weighted by Crippen LogP contribution is 2.23. The molecule has 11 heteroatoms. The number of aromatic nitrogens is 2. The number of anilines is 1. The van der Waals surface area contributed by atoms with Crippen LogP contribution >= 0.6 is 0 Å². The summed E-state index contributed by atoms with van der Waals surface area (Å²) in [6, 6.07) is 14.1. The summed E-state index contributed by atoms with van der Waals surface area (Å²) >= 11 is 0. The van der Waals surface area contributed by atoms with Crippen LogP contribution in [0.1, 0.15) is 24.3 Å². The molecule has 0 spiro atoms. The summed E-state index contributed by atoms with van der Waals surface area (Å²) in [4.78, 5) is -0.672. The van der Waals surface area contributed by atoms with Crippen LogP contribution in [0.2, 0.25) is 0 Å².